The number of carbonyl (C=O) groups is 4. The largest absolute Gasteiger partial charge is 0.325 e. The number of hydrogen-bond acceptors (Lipinski definition) is 4. The van der Waals surface area contributed by atoms with Gasteiger partial charge in [-0.05, 0) is 58.4 Å². The topological polar surface area (TPSA) is 92.3 Å². The number of hydrogen-bond donors (Lipinski definition) is 2. The summed E-state index contributed by atoms with van der Waals surface area (Å²) in [6, 6.07) is 14.3. The molecular weight excluding hydrogens is 368 g/mol. The number of ketones is 2. The van der Waals surface area contributed by atoms with Gasteiger partial charge in [-0.25, -0.2) is 0 Å². The van der Waals surface area contributed by atoms with E-state index in [1.54, 1.807) is 24.3 Å². The maximum Gasteiger partial charge on any atom is 0.234 e. The van der Waals surface area contributed by atoms with E-state index in [1.807, 2.05) is 38.1 Å². The molecule has 152 valence electrons. The molecule has 0 unspecified atom stereocenters. The normalized spacial score (nSPS) is 12.6. The third-order valence-corrected chi connectivity index (χ3v) is 4.72. The molecule has 2 rings (SSSR count). The van der Waals surface area contributed by atoms with E-state index >= 15 is 0 Å². The molecule has 0 bridgehead atoms. The highest BCUT2D eigenvalue weighted by molar-refractivity contribution is 6.10. The summed E-state index contributed by atoms with van der Waals surface area (Å²) in [5.74, 6) is -4.07. The Morgan fingerprint density at radius 3 is 1.24 bits per heavy atom. The number of benzene rings is 2. The Hall–Kier alpha value is -3.28. The van der Waals surface area contributed by atoms with Crippen LogP contribution in [0.15, 0.2) is 48.5 Å². The summed E-state index contributed by atoms with van der Waals surface area (Å²) in [4.78, 5) is 49.5. The zero-order valence-electron chi connectivity index (χ0n) is 17.1. The zero-order valence-corrected chi connectivity index (χ0v) is 17.1. The van der Waals surface area contributed by atoms with Gasteiger partial charge in [-0.1, -0.05) is 35.4 Å². The molecule has 0 saturated carbocycles. The van der Waals surface area contributed by atoms with Crippen molar-refractivity contribution in [2.24, 2.45) is 11.8 Å². The van der Waals surface area contributed by atoms with Crippen molar-refractivity contribution in [3.8, 4) is 0 Å². The average Bonchev–Trinajstić information content (AvgIpc) is 2.65. The Kier molecular flexibility index (Phi) is 7.42. The van der Waals surface area contributed by atoms with Crippen LogP contribution in [0, 0.1) is 25.7 Å². The lowest BCUT2D eigenvalue weighted by molar-refractivity contribution is -0.133. The molecule has 0 saturated heterocycles. The Labute approximate surface area is 170 Å². The third-order valence-electron chi connectivity index (χ3n) is 4.72. The van der Waals surface area contributed by atoms with Crippen molar-refractivity contribution in [2.75, 3.05) is 10.6 Å². The second kappa shape index (κ2) is 9.78. The van der Waals surface area contributed by atoms with Gasteiger partial charge in [0, 0.05) is 11.4 Å². The van der Waals surface area contributed by atoms with Crippen LogP contribution < -0.4 is 10.6 Å². The van der Waals surface area contributed by atoms with Gasteiger partial charge >= 0.3 is 0 Å². The molecule has 6 heteroatoms. The van der Waals surface area contributed by atoms with Gasteiger partial charge in [-0.2, -0.15) is 0 Å². The molecule has 2 aromatic carbocycles. The van der Waals surface area contributed by atoms with E-state index in [0.29, 0.717) is 11.4 Å². The Morgan fingerprint density at radius 1 is 0.655 bits per heavy atom. The van der Waals surface area contributed by atoms with E-state index in [-0.39, 0.29) is 6.42 Å². The van der Waals surface area contributed by atoms with Crippen molar-refractivity contribution in [1.82, 2.24) is 0 Å². The van der Waals surface area contributed by atoms with Gasteiger partial charge in [0.1, 0.15) is 11.6 Å². The van der Waals surface area contributed by atoms with E-state index in [2.05, 4.69) is 10.6 Å². The Bertz CT molecular complexity index is 826. The Morgan fingerprint density at radius 2 is 0.966 bits per heavy atom. The first kappa shape index (κ1) is 22.0. The number of carbonyl (C=O) groups excluding carboxylic acids is 4. The average molecular weight is 394 g/mol. The van der Waals surface area contributed by atoms with E-state index < -0.39 is 35.2 Å². The van der Waals surface area contributed by atoms with Crippen LogP contribution in [0.2, 0.25) is 0 Å². The third kappa shape index (κ3) is 6.38. The van der Waals surface area contributed by atoms with Crippen LogP contribution in [0.3, 0.4) is 0 Å². The summed E-state index contributed by atoms with van der Waals surface area (Å²) >= 11 is 0. The van der Waals surface area contributed by atoms with Crippen molar-refractivity contribution in [2.45, 2.75) is 34.1 Å². The van der Waals surface area contributed by atoms with Crippen LogP contribution in [0.25, 0.3) is 0 Å². The van der Waals surface area contributed by atoms with E-state index in [0.717, 1.165) is 11.1 Å². The molecule has 2 atom stereocenters. The maximum atomic E-state index is 12.6. The molecule has 2 aromatic rings. The highest BCUT2D eigenvalue weighted by Crippen LogP contribution is 2.20. The van der Waals surface area contributed by atoms with Crippen molar-refractivity contribution in [3.63, 3.8) is 0 Å². The fraction of sp³-hybridized carbons (Fsp3) is 0.304. The SMILES string of the molecule is CC(=O)[C@@H](C[C@H](C(C)=O)C(=O)Nc1ccc(C)cc1)C(=O)Nc1ccc(C)cc1. The predicted molar refractivity (Wildman–Crippen MR) is 113 cm³/mol. The van der Waals surface area contributed by atoms with Gasteiger partial charge in [0.15, 0.2) is 0 Å². The predicted octanol–water partition coefficient (Wildman–Crippen LogP) is 3.68. The summed E-state index contributed by atoms with van der Waals surface area (Å²) in [6.45, 7) is 6.42. The number of rotatable bonds is 8. The van der Waals surface area contributed by atoms with Gasteiger partial charge in [-0.15, -0.1) is 0 Å². The lowest BCUT2D eigenvalue weighted by atomic mass is 9.88. The second-order valence-corrected chi connectivity index (χ2v) is 7.27. The molecule has 0 aromatic heterocycles. The molecule has 0 aliphatic rings. The summed E-state index contributed by atoms with van der Waals surface area (Å²) in [7, 11) is 0. The van der Waals surface area contributed by atoms with Gasteiger partial charge < -0.3 is 10.6 Å². The fourth-order valence-corrected chi connectivity index (χ4v) is 2.88. The first-order chi connectivity index (χ1) is 13.7. The first-order valence-corrected chi connectivity index (χ1v) is 9.43. The number of nitrogens with one attached hydrogen (secondary N) is 2. The molecule has 0 fully saturated rings. The second-order valence-electron chi connectivity index (χ2n) is 7.27. The smallest absolute Gasteiger partial charge is 0.234 e. The van der Waals surface area contributed by atoms with Crippen LogP contribution in [-0.4, -0.2) is 23.4 Å². The van der Waals surface area contributed by atoms with Crippen LogP contribution in [0.4, 0.5) is 11.4 Å². The lowest BCUT2D eigenvalue weighted by Gasteiger charge is -2.19. The lowest BCUT2D eigenvalue weighted by Crippen LogP contribution is -2.36. The Balaban J connectivity index is 2.13. The van der Waals surface area contributed by atoms with E-state index in [1.165, 1.54) is 13.8 Å². The van der Waals surface area contributed by atoms with Gasteiger partial charge in [-0.3, -0.25) is 19.2 Å². The highest BCUT2D eigenvalue weighted by atomic mass is 16.2. The molecule has 0 aliphatic heterocycles. The summed E-state index contributed by atoms with van der Waals surface area (Å²) in [5.41, 5.74) is 3.18. The summed E-state index contributed by atoms with van der Waals surface area (Å²) in [6.07, 6.45) is -0.180. The van der Waals surface area contributed by atoms with Crippen molar-refractivity contribution in [1.29, 1.82) is 0 Å². The van der Waals surface area contributed by atoms with Crippen molar-refractivity contribution >= 4 is 34.8 Å². The molecule has 29 heavy (non-hydrogen) atoms. The van der Waals surface area contributed by atoms with Crippen molar-refractivity contribution in [3.05, 3.63) is 59.7 Å². The number of anilines is 2. The molecule has 0 spiro atoms. The van der Waals surface area contributed by atoms with Crippen LogP contribution in [0.1, 0.15) is 31.4 Å². The van der Waals surface area contributed by atoms with Crippen LogP contribution >= 0.6 is 0 Å². The summed E-state index contributed by atoms with van der Waals surface area (Å²) < 4.78 is 0. The van der Waals surface area contributed by atoms with E-state index in [9.17, 15) is 19.2 Å². The van der Waals surface area contributed by atoms with E-state index in [4.69, 9.17) is 0 Å². The molecular formula is C23H26N2O4. The number of aryl methyl sites for hydroxylation is 2. The standard InChI is InChI=1S/C23H26N2O4/c1-14-5-9-18(10-6-14)24-22(28)20(16(3)26)13-21(17(4)27)23(29)25-19-11-7-15(2)8-12-19/h5-12,20-21H,13H2,1-4H3,(H,24,28)(H,25,29)/t20-,21-/m1/s1. The molecule has 0 heterocycles. The zero-order chi connectivity index (χ0) is 21.6. The van der Waals surface area contributed by atoms with Gasteiger partial charge in [0.05, 0.1) is 11.8 Å². The van der Waals surface area contributed by atoms with Crippen molar-refractivity contribution < 1.29 is 19.2 Å². The van der Waals surface area contributed by atoms with Crippen LogP contribution in [-0.2, 0) is 19.2 Å². The highest BCUT2D eigenvalue weighted by Gasteiger charge is 2.33. The minimum atomic E-state index is -1.10. The number of Topliss-reactive ketones (excluding diaryl/α,β-unsaturated/α-hetero) is 2. The summed E-state index contributed by atoms with van der Waals surface area (Å²) in [5, 5.41) is 5.37. The molecule has 2 amide bonds. The first-order valence-electron chi connectivity index (χ1n) is 9.43. The number of amides is 2. The maximum absolute atomic E-state index is 12.6. The fourth-order valence-electron chi connectivity index (χ4n) is 2.88. The molecule has 0 radical (unpaired) electrons. The quantitative estimate of drug-likeness (QED) is 0.668. The monoisotopic (exact) mass is 394 g/mol. The molecule has 0 aliphatic carbocycles. The minimum Gasteiger partial charge on any atom is -0.325 e. The molecule has 2 N–H and O–H groups in total. The molecule has 6 nitrogen and oxygen atoms in total. The van der Waals surface area contributed by atoms with Gasteiger partial charge in [0.2, 0.25) is 11.8 Å². The minimum absolute atomic E-state index is 0.180. The van der Waals surface area contributed by atoms with Crippen LogP contribution in [0.5, 0.6) is 0 Å². The van der Waals surface area contributed by atoms with Gasteiger partial charge in [0.25, 0.3) is 0 Å².